The van der Waals surface area contributed by atoms with Crippen molar-refractivity contribution in [3.05, 3.63) is 29.7 Å². The van der Waals surface area contributed by atoms with Gasteiger partial charge in [0.05, 0.1) is 7.11 Å². The summed E-state index contributed by atoms with van der Waals surface area (Å²) in [7, 11) is 1.59. The zero-order valence-electron chi connectivity index (χ0n) is 9.82. The van der Waals surface area contributed by atoms with Crippen LogP contribution in [0.3, 0.4) is 0 Å². The molecule has 4 N–H and O–H groups in total. The number of methoxy groups -OCH3 is 1. The van der Waals surface area contributed by atoms with Gasteiger partial charge in [-0.3, -0.25) is 0 Å². The van der Waals surface area contributed by atoms with Gasteiger partial charge in [0.1, 0.15) is 11.6 Å². The van der Waals surface area contributed by atoms with E-state index in [4.69, 9.17) is 10.5 Å². The van der Waals surface area contributed by atoms with E-state index in [0.717, 1.165) is 11.4 Å². The van der Waals surface area contributed by atoms with Crippen LogP contribution >= 0.6 is 0 Å². The smallest absolute Gasteiger partial charge is 0.212 e. The van der Waals surface area contributed by atoms with Crippen LogP contribution in [0.5, 0.6) is 5.88 Å². The fraction of sp³-hybridized carbons (Fsp3) is 0.273. The number of aromatic nitrogens is 3. The Morgan fingerprint density at radius 1 is 1.47 bits per heavy atom. The number of hydrogen-bond donors (Lipinski definition) is 3. The number of nitrogens with one attached hydrogen (secondary N) is 2. The minimum Gasteiger partial charge on any atom is -0.481 e. The van der Waals surface area contributed by atoms with Crippen LogP contribution < -0.4 is 15.8 Å². The number of aryl methyl sites for hydroxylation is 1. The second-order valence-electron chi connectivity index (χ2n) is 3.65. The van der Waals surface area contributed by atoms with Crippen molar-refractivity contribution in [3.63, 3.8) is 0 Å². The Hall–Kier alpha value is -2.24. The zero-order valence-corrected chi connectivity index (χ0v) is 9.82. The van der Waals surface area contributed by atoms with Crippen molar-refractivity contribution in [2.45, 2.75) is 13.5 Å². The van der Waals surface area contributed by atoms with E-state index < -0.39 is 0 Å². The lowest BCUT2D eigenvalue weighted by Crippen LogP contribution is -2.02. The highest BCUT2D eigenvalue weighted by atomic mass is 16.5. The molecule has 0 aliphatic rings. The van der Waals surface area contributed by atoms with Gasteiger partial charge in [0.25, 0.3) is 0 Å². The zero-order chi connectivity index (χ0) is 12.3. The average Bonchev–Trinajstić information content (AvgIpc) is 2.66. The summed E-state index contributed by atoms with van der Waals surface area (Å²) in [5.74, 6) is 2.60. The molecule has 2 heterocycles. The average molecular weight is 233 g/mol. The van der Waals surface area contributed by atoms with E-state index in [1.165, 1.54) is 0 Å². The number of nitrogen functional groups attached to an aromatic ring is 1. The summed E-state index contributed by atoms with van der Waals surface area (Å²) in [6.07, 6.45) is 1.75. The molecule has 6 nitrogen and oxygen atoms in total. The van der Waals surface area contributed by atoms with Gasteiger partial charge in [0, 0.05) is 18.8 Å². The Balaban J connectivity index is 1.99. The molecule has 0 aromatic carbocycles. The number of nitrogens with zero attached hydrogens (tertiary/aromatic N) is 2. The van der Waals surface area contributed by atoms with Gasteiger partial charge in [-0.2, -0.15) is 0 Å². The molecule has 90 valence electrons. The number of pyridine rings is 1. The molecule has 0 radical (unpaired) electrons. The Morgan fingerprint density at radius 3 is 2.82 bits per heavy atom. The first-order valence-corrected chi connectivity index (χ1v) is 5.24. The van der Waals surface area contributed by atoms with Crippen LogP contribution in [0.4, 0.5) is 11.6 Å². The van der Waals surface area contributed by atoms with E-state index in [2.05, 4.69) is 20.3 Å². The summed E-state index contributed by atoms with van der Waals surface area (Å²) in [5.41, 5.74) is 6.77. The molecule has 0 saturated carbocycles. The van der Waals surface area contributed by atoms with Gasteiger partial charge >= 0.3 is 0 Å². The molecule has 0 bridgehead atoms. The molecule has 0 fully saturated rings. The fourth-order valence-corrected chi connectivity index (χ4v) is 1.47. The van der Waals surface area contributed by atoms with Gasteiger partial charge in [-0.15, -0.1) is 0 Å². The molecular formula is C11H15N5O. The number of anilines is 2. The van der Waals surface area contributed by atoms with Crippen LogP contribution in [0.15, 0.2) is 18.3 Å². The van der Waals surface area contributed by atoms with Crippen molar-refractivity contribution >= 4 is 11.6 Å². The minimum absolute atomic E-state index is 0.545. The lowest BCUT2D eigenvalue weighted by atomic mass is 10.3. The quantitative estimate of drug-likeness (QED) is 0.741. The van der Waals surface area contributed by atoms with E-state index in [1.807, 2.05) is 19.1 Å². The third-order valence-corrected chi connectivity index (χ3v) is 2.32. The molecule has 0 unspecified atom stereocenters. The summed E-state index contributed by atoms with van der Waals surface area (Å²) in [5, 5.41) is 3.14. The number of imidazole rings is 1. The molecule has 0 saturated heterocycles. The highest BCUT2D eigenvalue weighted by molar-refractivity contribution is 5.56. The molecule has 2 aromatic rings. The molecule has 17 heavy (non-hydrogen) atoms. The molecule has 0 atom stereocenters. The van der Waals surface area contributed by atoms with Gasteiger partial charge in [-0.25, -0.2) is 9.97 Å². The van der Waals surface area contributed by atoms with Crippen LogP contribution in [0.2, 0.25) is 0 Å². The number of ether oxygens (including phenoxy) is 1. The molecule has 6 heteroatoms. The van der Waals surface area contributed by atoms with Gasteiger partial charge in [-0.05, 0) is 12.5 Å². The predicted molar refractivity (Wildman–Crippen MR) is 65.9 cm³/mol. The first-order chi connectivity index (χ1) is 8.19. The van der Waals surface area contributed by atoms with Crippen LogP contribution in [0, 0.1) is 6.92 Å². The highest BCUT2D eigenvalue weighted by Crippen LogP contribution is 2.15. The maximum Gasteiger partial charge on any atom is 0.212 e. The van der Waals surface area contributed by atoms with Crippen molar-refractivity contribution in [1.29, 1.82) is 0 Å². The summed E-state index contributed by atoms with van der Waals surface area (Å²) in [6, 6.07) is 3.75. The van der Waals surface area contributed by atoms with E-state index in [0.29, 0.717) is 24.1 Å². The van der Waals surface area contributed by atoms with Crippen molar-refractivity contribution in [2.75, 3.05) is 18.2 Å². The van der Waals surface area contributed by atoms with Crippen LogP contribution in [0.25, 0.3) is 0 Å². The Morgan fingerprint density at radius 2 is 2.29 bits per heavy atom. The van der Waals surface area contributed by atoms with Crippen molar-refractivity contribution in [1.82, 2.24) is 15.0 Å². The molecule has 2 rings (SSSR count). The number of aromatic amines is 1. The monoisotopic (exact) mass is 233 g/mol. The van der Waals surface area contributed by atoms with Gasteiger partial charge < -0.3 is 20.8 Å². The van der Waals surface area contributed by atoms with E-state index in [-0.39, 0.29) is 0 Å². The van der Waals surface area contributed by atoms with E-state index in [9.17, 15) is 0 Å². The maximum atomic E-state index is 5.74. The summed E-state index contributed by atoms with van der Waals surface area (Å²) >= 11 is 0. The standard InChI is InChI=1S/C11H15N5O/c1-7-15-10(12)11(16-7)14-6-8-3-4-9(17-2)13-5-8/h3-5,14H,6,12H2,1-2H3,(H,15,16). The van der Waals surface area contributed by atoms with Crippen molar-refractivity contribution in [3.8, 4) is 5.88 Å². The summed E-state index contributed by atoms with van der Waals surface area (Å²) in [4.78, 5) is 11.3. The Labute approximate surface area is 99.2 Å². The third kappa shape index (κ3) is 2.66. The SMILES string of the molecule is COc1ccc(CNc2nc(C)[nH]c2N)cn1. The molecule has 0 amide bonds. The number of hydrogen-bond acceptors (Lipinski definition) is 5. The Bertz CT molecular complexity index is 491. The Kier molecular flexibility index (Phi) is 3.13. The van der Waals surface area contributed by atoms with E-state index in [1.54, 1.807) is 13.3 Å². The molecule has 0 aliphatic carbocycles. The highest BCUT2D eigenvalue weighted by Gasteiger charge is 2.04. The van der Waals surface area contributed by atoms with Crippen LogP contribution in [-0.2, 0) is 6.54 Å². The fourth-order valence-electron chi connectivity index (χ4n) is 1.47. The van der Waals surface area contributed by atoms with Crippen molar-refractivity contribution in [2.24, 2.45) is 0 Å². The lowest BCUT2D eigenvalue weighted by molar-refractivity contribution is 0.397. The predicted octanol–water partition coefficient (Wildman–Crippen LogP) is 1.32. The molecular weight excluding hydrogens is 218 g/mol. The summed E-state index contributed by atoms with van der Waals surface area (Å²) < 4.78 is 4.99. The largest absolute Gasteiger partial charge is 0.481 e. The maximum absolute atomic E-state index is 5.74. The molecule has 0 spiro atoms. The van der Waals surface area contributed by atoms with E-state index >= 15 is 0 Å². The first kappa shape index (κ1) is 11.3. The first-order valence-electron chi connectivity index (χ1n) is 5.24. The number of rotatable bonds is 4. The minimum atomic E-state index is 0.545. The molecule has 0 aliphatic heterocycles. The summed E-state index contributed by atoms with van der Waals surface area (Å²) in [6.45, 7) is 2.47. The van der Waals surface area contributed by atoms with Crippen LogP contribution in [-0.4, -0.2) is 22.1 Å². The van der Waals surface area contributed by atoms with Gasteiger partial charge in [0.15, 0.2) is 5.82 Å². The number of H-pyrrole nitrogens is 1. The van der Waals surface area contributed by atoms with Crippen LogP contribution in [0.1, 0.15) is 11.4 Å². The number of nitrogens with two attached hydrogens (primary N) is 1. The van der Waals surface area contributed by atoms with Gasteiger partial charge in [0.2, 0.25) is 5.88 Å². The second-order valence-corrected chi connectivity index (χ2v) is 3.65. The topological polar surface area (TPSA) is 88.8 Å². The normalized spacial score (nSPS) is 10.2. The lowest BCUT2D eigenvalue weighted by Gasteiger charge is -2.04. The van der Waals surface area contributed by atoms with Crippen molar-refractivity contribution < 1.29 is 4.74 Å². The molecule has 2 aromatic heterocycles. The van der Waals surface area contributed by atoms with Gasteiger partial charge in [-0.1, -0.05) is 6.07 Å². The second kappa shape index (κ2) is 4.73. The third-order valence-electron chi connectivity index (χ3n) is 2.32.